The lowest BCUT2D eigenvalue weighted by atomic mass is 10.4. The number of hydrogen-bond acceptors (Lipinski definition) is 2. The van der Waals surface area contributed by atoms with Gasteiger partial charge in [0.1, 0.15) is 11.1 Å². The highest BCUT2D eigenvalue weighted by Gasteiger charge is 2.50. The van der Waals surface area contributed by atoms with E-state index in [-0.39, 0.29) is 5.03 Å². The van der Waals surface area contributed by atoms with Gasteiger partial charge in [0.05, 0.1) is 6.07 Å². The van der Waals surface area contributed by atoms with Crippen molar-refractivity contribution in [3.8, 4) is 12.1 Å². The predicted molar refractivity (Wildman–Crippen MR) is 37.3 cm³/mol. The third-order valence-electron chi connectivity index (χ3n) is 1.31. The molecule has 0 amide bonds. The Balaban J connectivity index is 2.92. The molecule has 1 rings (SSSR count). The molecule has 1 unspecified atom stereocenters. The van der Waals surface area contributed by atoms with Gasteiger partial charge in [0.15, 0.2) is 4.87 Å². The van der Waals surface area contributed by atoms with Crippen LogP contribution in [0.25, 0.3) is 0 Å². The topological polar surface area (TPSA) is 47.6 Å². The summed E-state index contributed by atoms with van der Waals surface area (Å²) in [7, 11) is 0. The predicted octanol–water partition coefficient (Wildman–Crippen LogP) is 1.91. The second-order valence-electron chi connectivity index (χ2n) is 1.99. The molecule has 0 bridgehead atoms. The average molecular weight is 173 g/mol. The molecule has 0 aromatic carbocycles. The molecular formula is C6H2Cl2N2. The number of nitrogens with zero attached hydrogens (tertiary/aromatic N) is 2. The summed E-state index contributed by atoms with van der Waals surface area (Å²) in [6.45, 7) is 0. The maximum absolute atomic E-state index is 8.40. The van der Waals surface area contributed by atoms with Gasteiger partial charge in [-0.2, -0.15) is 10.5 Å². The monoisotopic (exact) mass is 172 g/mol. The van der Waals surface area contributed by atoms with Crippen LogP contribution in [0.5, 0.6) is 0 Å². The van der Waals surface area contributed by atoms with E-state index in [2.05, 4.69) is 0 Å². The third-order valence-corrected chi connectivity index (χ3v) is 2.07. The van der Waals surface area contributed by atoms with Gasteiger partial charge in [-0.05, 0) is 5.57 Å². The zero-order valence-electron chi connectivity index (χ0n) is 4.86. The van der Waals surface area contributed by atoms with Gasteiger partial charge in [0.2, 0.25) is 0 Å². The summed E-state index contributed by atoms with van der Waals surface area (Å²) in [4.78, 5) is -0.965. The Morgan fingerprint density at radius 1 is 1.60 bits per heavy atom. The molecule has 0 aromatic rings. The number of rotatable bonds is 0. The average Bonchev–Trinajstić information content (AvgIpc) is 2.62. The van der Waals surface area contributed by atoms with Crippen LogP contribution in [0.3, 0.4) is 0 Å². The Bertz CT molecular complexity index is 281. The molecule has 0 aromatic heterocycles. The van der Waals surface area contributed by atoms with Gasteiger partial charge in [0.25, 0.3) is 0 Å². The van der Waals surface area contributed by atoms with Gasteiger partial charge in [-0.25, -0.2) is 0 Å². The van der Waals surface area contributed by atoms with Gasteiger partial charge >= 0.3 is 0 Å². The van der Waals surface area contributed by atoms with Crippen molar-refractivity contribution in [3.05, 3.63) is 10.6 Å². The zero-order chi connectivity index (χ0) is 7.78. The van der Waals surface area contributed by atoms with Crippen LogP contribution < -0.4 is 0 Å². The van der Waals surface area contributed by atoms with E-state index in [9.17, 15) is 0 Å². The van der Waals surface area contributed by atoms with Gasteiger partial charge in [-0.15, -0.1) is 0 Å². The second kappa shape index (κ2) is 2.16. The van der Waals surface area contributed by atoms with E-state index in [0.29, 0.717) is 12.0 Å². The zero-order valence-corrected chi connectivity index (χ0v) is 6.37. The molecule has 0 spiro atoms. The fourth-order valence-corrected chi connectivity index (χ4v) is 1.13. The Kier molecular flexibility index (Phi) is 1.60. The van der Waals surface area contributed by atoms with Gasteiger partial charge in [-0.1, -0.05) is 23.2 Å². The van der Waals surface area contributed by atoms with E-state index in [1.165, 1.54) is 0 Å². The number of allylic oxidation sites excluding steroid dienone is 2. The molecule has 10 heavy (non-hydrogen) atoms. The molecule has 0 N–H and O–H groups in total. The summed E-state index contributed by atoms with van der Waals surface area (Å²) >= 11 is 11.0. The summed E-state index contributed by atoms with van der Waals surface area (Å²) in [5.41, 5.74) is 0.542. The molecule has 50 valence electrons. The normalized spacial score (nSPS) is 34.0. The van der Waals surface area contributed by atoms with Crippen molar-refractivity contribution in [1.82, 2.24) is 0 Å². The van der Waals surface area contributed by atoms with Gasteiger partial charge in [0, 0.05) is 6.42 Å². The van der Waals surface area contributed by atoms with Gasteiger partial charge in [-0.3, -0.25) is 0 Å². The van der Waals surface area contributed by atoms with Crippen LogP contribution >= 0.6 is 23.2 Å². The number of hydrogen-bond donors (Lipinski definition) is 0. The summed E-state index contributed by atoms with van der Waals surface area (Å²) < 4.78 is 0. The van der Waals surface area contributed by atoms with Crippen molar-refractivity contribution in [2.45, 2.75) is 11.3 Å². The van der Waals surface area contributed by atoms with Crippen LogP contribution in [-0.4, -0.2) is 4.87 Å². The van der Waals surface area contributed by atoms with E-state index >= 15 is 0 Å². The first kappa shape index (κ1) is 7.41. The Morgan fingerprint density at radius 2 is 2.20 bits per heavy atom. The number of halogens is 2. The highest BCUT2D eigenvalue weighted by molar-refractivity contribution is 6.37. The molecule has 0 saturated heterocycles. The fourth-order valence-electron chi connectivity index (χ4n) is 0.625. The molecule has 2 nitrogen and oxygen atoms in total. The first-order valence-corrected chi connectivity index (χ1v) is 3.29. The summed E-state index contributed by atoms with van der Waals surface area (Å²) in [5, 5.41) is 16.7. The third kappa shape index (κ3) is 0.968. The quantitative estimate of drug-likeness (QED) is 0.414. The minimum absolute atomic E-state index is 0.0524. The molecule has 1 fully saturated rings. The minimum atomic E-state index is -0.965. The molecule has 0 aliphatic heterocycles. The molecule has 0 radical (unpaired) electrons. The van der Waals surface area contributed by atoms with E-state index in [0.717, 1.165) is 0 Å². The largest absolute Gasteiger partial charge is 0.196 e. The Hall–Kier alpha value is -0.700. The first-order chi connectivity index (χ1) is 4.64. The van der Waals surface area contributed by atoms with Crippen LogP contribution in [-0.2, 0) is 0 Å². The van der Waals surface area contributed by atoms with E-state index in [1.54, 1.807) is 6.07 Å². The number of nitriles is 2. The lowest BCUT2D eigenvalue weighted by molar-refractivity contribution is 1.21. The lowest BCUT2D eigenvalue weighted by Crippen LogP contribution is -1.90. The molecule has 0 heterocycles. The van der Waals surface area contributed by atoms with E-state index in [4.69, 9.17) is 33.7 Å². The summed E-state index contributed by atoms with van der Waals surface area (Å²) in [5.74, 6) is 0. The van der Waals surface area contributed by atoms with Crippen LogP contribution in [0, 0.1) is 22.7 Å². The van der Waals surface area contributed by atoms with Crippen LogP contribution in [0.4, 0.5) is 0 Å². The van der Waals surface area contributed by atoms with Crippen LogP contribution in [0.2, 0.25) is 0 Å². The first-order valence-electron chi connectivity index (χ1n) is 2.53. The van der Waals surface area contributed by atoms with Gasteiger partial charge < -0.3 is 0 Å². The van der Waals surface area contributed by atoms with Crippen LogP contribution in [0.15, 0.2) is 10.6 Å². The summed E-state index contributed by atoms with van der Waals surface area (Å²) in [6, 6.07) is 3.58. The minimum Gasteiger partial charge on any atom is -0.196 e. The maximum atomic E-state index is 8.40. The Morgan fingerprint density at radius 3 is 2.50 bits per heavy atom. The lowest BCUT2D eigenvalue weighted by Gasteiger charge is -1.84. The standard InChI is InChI=1S/C6H2Cl2N2/c7-5(2-9)4-1-6(4,8)3-10/h1H2. The second-order valence-corrected chi connectivity index (χ2v) is 3.02. The SMILES string of the molecule is N#CC(Cl)=C1CC1(Cl)C#N. The molecular weight excluding hydrogens is 171 g/mol. The molecule has 1 atom stereocenters. The van der Waals surface area contributed by atoms with Crippen molar-refractivity contribution < 1.29 is 0 Å². The maximum Gasteiger partial charge on any atom is 0.158 e. The smallest absolute Gasteiger partial charge is 0.158 e. The van der Waals surface area contributed by atoms with Crippen LogP contribution in [0.1, 0.15) is 6.42 Å². The van der Waals surface area contributed by atoms with E-state index < -0.39 is 4.87 Å². The number of alkyl halides is 1. The Labute approximate surface area is 68.3 Å². The highest BCUT2D eigenvalue weighted by Crippen LogP contribution is 2.50. The van der Waals surface area contributed by atoms with Crippen molar-refractivity contribution in [3.63, 3.8) is 0 Å². The van der Waals surface area contributed by atoms with Crippen molar-refractivity contribution >= 4 is 23.2 Å². The summed E-state index contributed by atoms with van der Waals surface area (Å²) in [6.07, 6.45) is 0.414. The fraction of sp³-hybridized carbons (Fsp3) is 0.333. The van der Waals surface area contributed by atoms with E-state index in [1.807, 2.05) is 6.07 Å². The molecule has 4 heteroatoms. The van der Waals surface area contributed by atoms with Crippen molar-refractivity contribution in [2.75, 3.05) is 0 Å². The van der Waals surface area contributed by atoms with Crippen molar-refractivity contribution in [2.24, 2.45) is 0 Å². The molecule has 1 saturated carbocycles. The highest BCUT2D eigenvalue weighted by atomic mass is 35.5. The molecule has 1 aliphatic carbocycles. The molecule has 1 aliphatic rings. The van der Waals surface area contributed by atoms with Crippen molar-refractivity contribution in [1.29, 1.82) is 10.5 Å².